The predicted molar refractivity (Wildman–Crippen MR) is 110 cm³/mol. The number of unbranched alkanes of at least 4 members (excludes halogenated alkanes) is 6. The molecular weight excluding hydrogens is 342 g/mol. The second kappa shape index (κ2) is 10.9. The van der Waals surface area contributed by atoms with Crippen molar-refractivity contribution in [1.29, 1.82) is 0 Å². The first-order valence-corrected chi connectivity index (χ1v) is 10.2. The van der Waals surface area contributed by atoms with Gasteiger partial charge in [-0.1, -0.05) is 52.4 Å². The molecule has 0 aliphatic carbocycles. The third-order valence-corrected chi connectivity index (χ3v) is 4.85. The van der Waals surface area contributed by atoms with Gasteiger partial charge in [0, 0.05) is 18.0 Å². The second-order valence-electron chi connectivity index (χ2n) is 6.99. The second-order valence-corrected chi connectivity index (χ2v) is 6.99. The summed E-state index contributed by atoms with van der Waals surface area (Å²) in [7, 11) is 1.55. The Kier molecular flexibility index (Phi) is 8.49. The minimum Gasteiger partial charge on any atom is -0.508 e. The molecule has 27 heavy (non-hydrogen) atoms. The van der Waals surface area contributed by atoms with Crippen LogP contribution >= 0.6 is 0 Å². The van der Waals surface area contributed by atoms with Gasteiger partial charge >= 0.3 is 0 Å². The van der Waals surface area contributed by atoms with Crippen molar-refractivity contribution in [2.45, 2.75) is 71.8 Å². The van der Waals surface area contributed by atoms with Gasteiger partial charge in [-0.15, -0.1) is 0 Å². The SMILES string of the molecule is CCCCCCCCn1c(=O)c(OCCCC)c(OC)c2ccc(O)cc21. The summed E-state index contributed by atoms with van der Waals surface area (Å²) in [5, 5.41) is 10.7. The number of hydrogen-bond acceptors (Lipinski definition) is 4. The molecule has 0 atom stereocenters. The average molecular weight is 376 g/mol. The maximum atomic E-state index is 13.1. The van der Waals surface area contributed by atoms with Crippen LogP contribution < -0.4 is 15.0 Å². The van der Waals surface area contributed by atoms with Gasteiger partial charge in [-0.2, -0.15) is 0 Å². The van der Waals surface area contributed by atoms with Crippen molar-refractivity contribution in [1.82, 2.24) is 4.57 Å². The number of rotatable bonds is 12. The summed E-state index contributed by atoms with van der Waals surface area (Å²) in [6.45, 7) is 5.39. The highest BCUT2D eigenvalue weighted by atomic mass is 16.5. The molecule has 1 aromatic heterocycles. The van der Waals surface area contributed by atoms with Gasteiger partial charge in [0.1, 0.15) is 5.75 Å². The lowest BCUT2D eigenvalue weighted by atomic mass is 10.1. The number of aromatic hydroxyl groups is 1. The maximum absolute atomic E-state index is 13.1. The first-order valence-electron chi connectivity index (χ1n) is 10.2. The summed E-state index contributed by atoms with van der Waals surface area (Å²) in [4.78, 5) is 13.1. The normalized spacial score (nSPS) is 11.1. The Morgan fingerprint density at radius 3 is 2.37 bits per heavy atom. The molecule has 0 aliphatic rings. The van der Waals surface area contributed by atoms with Gasteiger partial charge in [0.05, 0.1) is 19.2 Å². The van der Waals surface area contributed by atoms with E-state index < -0.39 is 0 Å². The third kappa shape index (κ3) is 5.41. The molecule has 0 fully saturated rings. The molecule has 2 aromatic rings. The van der Waals surface area contributed by atoms with Crippen LogP contribution in [-0.2, 0) is 6.54 Å². The fourth-order valence-corrected chi connectivity index (χ4v) is 3.31. The number of hydrogen-bond donors (Lipinski definition) is 1. The van der Waals surface area contributed by atoms with Crippen LogP contribution in [0.15, 0.2) is 23.0 Å². The van der Waals surface area contributed by atoms with Crippen LogP contribution in [0.5, 0.6) is 17.2 Å². The molecule has 1 heterocycles. The number of ether oxygens (including phenoxy) is 2. The molecule has 150 valence electrons. The van der Waals surface area contributed by atoms with E-state index in [4.69, 9.17) is 9.47 Å². The van der Waals surface area contributed by atoms with Crippen molar-refractivity contribution in [2.24, 2.45) is 0 Å². The van der Waals surface area contributed by atoms with Crippen molar-refractivity contribution < 1.29 is 14.6 Å². The number of pyridine rings is 1. The zero-order valence-corrected chi connectivity index (χ0v) is 16.9. The van der Waals surface area contributed by atoms with Gasteiger partial charge in [0.25, 0.3) is 5.56 Å². The van der Waals surface area contributed by atoms with E-state index in [1.165, 1.54) is 25.7 Å². The van der Waals surface area contributed by atoms with Gasteiger partial charge in [0.2, 0.25) is 5.75 Å². The molecule has 5 heteroatoms. The molecule has 2 rings (SSSR count). The van der Waals surface area contributed by atoms with Gasteiger partial charge in [-0.3, -0.25) is 4.79 Å². The topological polar surface area (TPSA) is 60.7 Å². The number of methoxy groups -OCH3 is 1. The first-order chi connectivity index (χ1) is 13.1. The molecule has 0 aliphatic heterocycles. The number of phenols is 1. The van der Waals surface area contributed by atoms with Crippen molar-refractivity contribution in [3.05, 3.63) is 28.6 Å². The van der Waals surface area contributed by atoms with Gasteiger partial charge < -0.3 is 19.1 Å². The van der Waals surface area contributed by atoms with E-state index in [9.17, 15) is 9.90 Å². The molecular formula is C22H33NO4. The highest BCUT2D eigenvalue weighted by molar-refractivity contribution is 5.89. The molecule has 0 unspecified atom stereocenters. The average Bonchev–Trinajstić information content (AvgIpc) is 2.67. The van der Waals surface area contributed by atoms with E-state index in [2.05, 4.69) is 13.8 Å². The van der Waals surface area contributed by atoms with Crippen molar-refractivity contribution >= 4 is 10.9 Å². The fourth-order valence-electron chi connectivity index (χ4n) is 3.31. The van der Waals surface area contributed by atoms with Crippen LogP contribution in [0.4, 0.5) is 0 Å². The smallest absolute Gasteiger partial charge is 0.297 e. The Balaban J connectivity index is 2.35. The van der Waals surface area contributed by atoms with E-state index in [1.54, 1.807) is 29.9 Å². The van der Waals surface area contributed by atoms with E-state index in [-0.39, 0.29) is 17.1 Å². The lowest BCUT2D eigenvalue weighted by molar-refractivity contribution is 0.283. The van der Waals surface area contributed by atoms with E-state index in [1.807, 2.05) is 0 Å². The molecule has 0 saturated heterocycles. The first kappa shape index (κ1) is 21.1. The van der Waals surface area contributed by atoms with Gasteiger partial charge in [-0.25, -0.2) is 0 Å². The minimum absolute atomic E-state index is 0.139. The Morgan fingerprint density at radius 2 is 1.67 bits per heavy atom. The van der Waals surface area contributed by atoms with Crippen LogP contribution in [0, 0.1) is 0 Å². The van der Waals surface area contributed by atoms with Gasteiger partial charge in [-0.05, 0) is 25.0 Å². The lowest BCUT2D eigenvalue weighted by Crippen LogP contribution is -2.24. The monoisotopic (exact) mass is 375 g/mol. The summed E-state index contributed by atoms with van der Waals surface area (Å²) >= 11 is 0. The zero-order valence-electron chi connectivity index (χ0n) is 16.9. The van der Waals surface area contributed by atoms with Crippen LogP contribution in [0.2, 0.25) is 0 Å². The van der Waals surface area contributed by atoms with Crippen LogP contribution in [-0.4, -0.2) is 23.4 Å². The van der Waals surface area contributed by atoms with Crippen molar-refractivity contribution in [3.63, 3.8) is 0 Å². The van der Waals surface area contributed by atoms with E-state index in [0.29, 0.717) is 24.4 Å². The van der Waals surface area contributed by atoms with E-state index >= 15 is 0 Å². The Bertz CT molecular complexity index is 782. The van der Waals surface area contributed by atoms with Crippen molar-refractivity contribution in [3.8, 4) is 17.2 Å². The molecule has 0 amide bonds. The Hall–Kier alpha value is -2.17. The number of aromatic nitrogens is 1. The van der Waals surface area contributed by atoms with Crippen LogP contribution in [0.1, 0.15) is 65.2 Å². The largest absolute Gasteiger partial charge is 0.508 e. The van der Waals surface area contributed by atoms with Crippen LogP contribution in [0.25, 0.3) is 10.9 Å². The summed E-state index contributed by atoms with van der Waals surface area (Å²) < 4.78 is 13.1. The number of nitrogens with zero attached hydrogens (tertiary/aromatic N) is 1. The zero-order chi connectivity index (χ0) is 19.6. The van der Waals surface area contributed by atoms with Gasteiger partial charge in [0.15, 0.2) is 5.75 Å². The Labute approximate surface area is 161 Å². The van der Waals surface area contributed by atoms with E-state index in [0.717, 1.165) is 31.1 Å². The predicted octanol–water partition coefficient (Wildman–Crippen LogP) is 5.26. The molecule has 0 bridgehead atoms. The minimum atomic E-state index is -0.186. The number of fused-ring (bicyclic) bond motifs is 1. The molecule has 0 radical (unpaired) electrons. The number of phenolic OH excluding ortho intramolecular Hbond substituents is 1. The summed E-state index contributed by atoms with van der Waals surface area (Å²) in [5.41, 5.74) is 0.503. The number of benzene rings is 1. The highest BCUT2D eigenvalue weighted by Crippen LogP contribution is 2.34. The molecule has 1 N–H and O–H groups in total. The molecule has 1 aromatic carbocycles. The molecule has 5 nitrogen and oxygen atoms in total. The fraction of sp³-hybridized carbons (Fsp3) is 0.591. The Morgan fingerprint density at radius 1 is 0.963 bits per heavy atom. The standard InChI is InChI=1S/C22H33NO4/c1-4-6-8-9-10-11-14-23-19-16-17(24)12-13-18(19)20(26-3)21(22(23)25)27-15-7-5-2/h12-13,16,24H,4-11,14-15H2,1-3H3. The quantitative estimate of drug-likeness (QED) is 0.514. The van der Waals surface area contributed by atoms with Crippen LogP contribution in [0.3, 0.4) is 0 Å². The highest BCUT2D eigenvalue weighted by Gasteiger charge is 2.19. The lowest BCUT2D eigenvalue weighted by Gasteiger charge is -2.17. The van der Waals surface area contributed by atoms with Crippen molar-refractivity contribution in [2.75, 3.05) is 13.7 Å². The summed E-state index contributed by atoms with van der Waals surface area (Å²) in [6, 6.07) is 5.03. The summed E-state index contributed by atoms with van der Waals surface area (Å²) in [6.07, 6.45) is 8.79. The maximum Gasteiger partial charge on any atom is 0.297 e. The summed E-state index contributed by atoms with van der Waals surface area (Å²) in [5.74, 6) is 0.862. The molecule has 0 spiro atoms. The molecule has 0 saturated carbocycles. The third-order valence-electron chi connectivity index (χ3n) is 4.85. The number of aryl methyl sites for hydroxylation is 1.